The minimum Gasteiger partial charge on any atom is -0.376 e. The van der Waals surface area contributed by atoms with Gasteiger partial charge in [0.05, 0.1) is 13.2 Å². The van der Waals surface area contributed by atoms with Crippen LogP contribution in [0.15, 0.2) is 35.3 Å². The van der Waals surface area contributed by atoms with E-state index in [2.05, 4.69) is 39.6 Å². The molecule has 1 aromatic carbocycles. The normalized spacial score (nSPS) is 16.6. The van der Waals surface area contributed by atoms with Gasteiger partial charge in [0.1, 0.15) is 0 Å². The largest absolute Gasteiger partial charge is 0.376 e. The number of hydrogen-bond donors (Lipinski definition) is 2. The zero-order valence-electron chi connectivity index (χ0n) is 16.2. The summed E-state index contributed by atoms with van der Waals surface area (Å²) in [4.78, 5) is 6.84. The number of ether oxygens (including phenoxy) is 1. The second kappa shape index (κ2) is 14.2. The summed E-state index contributed by atoms with van der Waals surface area (Å²) in [7, 11) is 1.83. The van der Waals surface area contributed by atoms with Crippen LogP contribution in [0.25, 0.3) is 0 Å². The molecule has 0 saturated carbocycles. The van der Waals surface area contributed by atoms with Crippen LogP contribution in [0.4, 0.5) is 0 Å². The lowest BCUT2D eigenvalue weighted by Gasteiger charge is -2.26. The van der Waals surface area contributed by atoms with Gasteiger partial charge in [-0.05, 0) is 37.4 Å². The van der Waals surface area contributed by atoms with Crippen LogP contribution >= 0.6 is 24.0 Å². The summed E-state index contributed by atoms with van der Waals surface area (Å²) in [5, 5.41) is 6.81. The second-order valence-electron chi connectivity index (χ2n) is 6.89. The van der Waals surface area contributed by atoms with E-state index in [9.17, 15) is 0 Å². The number of aliphatic imine (C=N–C) groups is 1. The molecule has 6 heteroatoms. The zero-order valence-corrected chi connectivity index (χ0v) is 18.6. The van der Waals surface area contributed by atoms with Crippen LogP contribution in [-0.4, -0.2) is 57.2 Å². The van der Waals surface area contributed by atoms with Gasteiger partial charge in [-0.2, -0.15) is 0 Å². The Morgan fingerprint density at radius 3 is 2.58 bits per heavy atom. The number of benzene rings is 1. The quantitative estimate of drug-likeness (QED) is 0.328. The van der Waals surface area contributed by atoms with Crippen LogP contribution in [0.3, 0.4) is 0 Å². The van der Waals surface area contributed by atoms with Crippen LogP contribution in [-0.2, 0) is 11.3 Å². The predicted octanol–water partition coefficient (Wildman–Crippen LogP) is 3.11. The van der Waals surface area contributed by atoms with Crippen LogP contribution in [0.2, 0.25) is 0 Å². The molecule has 1 saturated heterocycles. The molecule has 0 spiro atoms. The number of hydrogen-bond acceptors (Lipinski definition) is 3. The maximum atomic E-state index is 5.80. The van der Waals surface area contributed by atoms with Crippen molar-refractivity contribution >= 4 is 29.9 Å². The molecule has 26 heavy (non-hydrogen) atoms. The smallest absolute Gasteiger partial charge is 0.191 e. The van der Waals surface area contributed by atoms with Gasteiger partial charge < -0.3 is 20.3 Å². The SMILES string of the molecule is CN=C(NCCN1CCCCC1)NCC(C)COCc1ccccc1.I. The molecule has 1 aliphatic rings. The molecule has 0 amide bonds. The van der Waals surface area contributed by atoms with E-state index in [1.165, 1.54) is 37.9 Å². The van der Waals surface area contributed by atoms with Crippen LogP contribution in [0, 0.1) is 5.92 Å². The van der Waals surface area contributed by atoms with Crippen molar-refractivity contribution in [2.24, 2.45) is 10.9 Å². The predicted molar refractivity (Wildman–Crippen MR) is 120 cm³/mol. The van der Waals surface area contributed by atoms with Gasteiger partial charge in [0.15, 0.2) is 5.96 Å². The van der Waals surface area contributed by atoms with Gasteiger partial charge in [-0.25, -0.2) is 0 Å². The van der Waals surface area contributed by atoms with Gasteiger partial charge in [0, 0.05) is 26.7 Å². The highest BCUT2D eigenvalue weighted by Gasteiger charge is 2.09. The number of rotatable bonds is 9. The number of piperidine rings is 1. The molecule has 1 unspecified atom stereocenters. The lowest BCUT2D eigenvalue weighted by molar-refractivity contribution is 0.0931. The lowest BCUT2D eigenvalue weighted by Crippen LogP contribution is -2.44. The molecule has 0 aliphatic carbocycles. The number of guanidine groups is 1. The molecular weight excluding hydrogens is 439 g/mol. The van der Waals surface area contributed by atoms with E-state index in [-0.39, 0.29) is 24.0 Å². The van der Waals surface area contributed by atoms with E-state index in [0.29, 0.717) is 12.5 Å². The summed E-state index contributed by atoms with van der Waals surface area (Å²) in [6.07, 6.45) is 4.07. The molecule has 1 fully saturated rings. The Bertz CT molecular complexity index is 492. The van der Waals surface area contributed by atoms with E-state index in [1.807, 2.05) is 25.2 Å². The lowest BCUT2D eigenvalue weighted by atomic mass is 10.1. The monoisotopic (exact) mass is 474 g/mol. The van der Waals surface area contributed by atoms with E-state index in [4.69, 9.17) is 4.74 Å². The van der Waals surface area contributed by atoms with Crippen molar-refractivity contribution in [2.75, 3.05) is 46.4 Å². The molecule has 2 N–H and O–H groups in total. The summed E-state index contributed by atoms with van der Waals surface area (Å²) < 4.78 is 5.80. The number of likely N-dealkylation sites (tertiary alicyclic amines) is 1. The fourth-order valence-corrected chi connectivity index (χ4v) is 3.02. The standard InChI is InChI=1S/C20H34N4O.HI/c1-18(16-25-17-19-9-5-3-6-10-19)15-23-20(21-2)22-11-14-24-12-7-4-8-13-24;/h3,5-6,9-10,18H,4,7-8,11-17H2,1-2H3,(H2,21,22,23);1H. The van der Waals surface area contributed by atoms with Gasteiger partial charge in [0.25, 0.3) is 0 Å². The van der Waals surface area contributed by atoms with Gasteiger partial charge in [-0.15, -0.1) is 24.0 Å². The first-order valence-electron chi connectivity index (χ1n) is 9.56. The Morgan fingerprint density at radius 1 is 1.15 bits per heavy atom. The molecular formula is C20H35IN4O. The van der Waals surface area contributed by atoms with Gasteiger partial charge in [-0.1, -0.05) is 43.7 Å². The minimum atomic E-state index is 0. The molecule has 148 valence electrons. The van der Waals surface area contributed by atoms with Gasteiger partial charge in [-0.3, -0.25) is 4.99 Å². The van der Waals surface area contributed by atoms with Crippen molar-refractivity contribution in [1.82, 2.24) is 15.5 Å². The zero-order chi connectivity index (χ0) is 17.7. The third-order valence-electron chi connectivity index (χ3n) is 4.52. The summed E-state index contributed by atoms with van der Waals surface area (Å²) in [5.74, 6) is 1.32. The third-order valence-corrected chi connectivity index (χ3v) is 4.52. The van der Waals surface area contributed by atoms with Crippen molar-refractivity contribution in [1.29, 1.82) is 0 Å². The number of nitrogens with zero attached hydrogens (tertiary/aromatic N) is 2. The van der Waals surface area contributed by atoms with Crippen molar-refractivity contribution in [3.05, 3.63) is 35.9 Å². The van der Waals surface area contributed by atoms with Crippen LogP contribution in [0.1, 0.15) is 31.7 Å². The summed E-state index contributed by atoms with van der Waals surface area (Å²) in [5.41, 5.74) is 1.22. The van der Waals surface area contributed by atoms with Gasteiger partial charge in [0.2, 0.25) is 0 Å². The maximum Gasteiger partial charge on any atom is 0.191 e. The highest BCUT2D eigenvalue weighted by atomic mass is 127. The van der Waals surface area contributed by atoms with E-state index < -0.39 is 0 Å². The Kier molecular flexibility index (Phi) is 12.7. The molecule has 0 aromatic heterocycles. The van der Waals surface area contributed by atoms with Crippen molar-refractivity contribution in [2.45, 2.75) is 32.8 Å². The molecule has 0 bridgehead atoms. The van der Waals surface area contributed by atoms with E-state index in [0.717, 1.165) is 32.2 Å². The van der Waals surface area contributed by atoms with E-state index in [1.54, 1.807) is 0 Å². The molecule has 5 nitrogen and oxygen atoms in total. The van der Waals surface area contributed by atoms with Crippen LogP contribution < -0.4 is 10.6 Å². The number of nitrogens with one attached hydrogen (secondary N) is 2. The minimum absolute atomic E-state index is 0. The molecule has 0 radical (unpaired) electrons. The highest BCUT2D eigenvalue weighted by molar-refractivity contribution is 14.0. The van der Waals surface area contributed by atoms with Crippen molar-refractivity contribution < 1.29 is 4.74 Å². The summed E-state index contributed by atoms with van der Waals surface area (Å²) in [6, 6.07) is 10.3. The maximum absolute atomic E-state index is 5.80. The first-order chi connectivity index (χ1) is 12.3. The van der Waals surface area contributed by atoms with E-state index >= 15 is 0 Å². The second-order valence-corrected chi connectivity index (χ2v) is 6.89. The molecule has 1 atom stereocenters. The fourth-order valence-electron chi connectivity index (χ4n) is 3.02. The first kappa shape index (κ1) is 23.2. The third kappa shape index (κ3) is 9.73. The fraction of sp³-hybridized carbons (Fsp3) is 0.650. The summed E-state index contributed by atoms with van der Waals surface area (Å²) >= 11 is 0. The molecule has 1 aliphatic heterocycles. The topological polar surface area (TPSA) is 48.9 Å². The highest BCUT2D eigenvalue weighted by Crippen LogP contribution is 2.07. The Balaban J connectivity index is 0.00000338. The number of halogens is 1. The molecule has 1 aromatic rings. The van der Waals surface area contributed by atoms with Gasteiger partial charge >= 0.3 is 0 Å². The molecule has 1 heterocycles. The average Bonchev–Trinajstić information content (AvgIpc) is 2.66. The average molecular weight is 474 g/mol. The molecule has 2 rings (SSSR count). The summed E-state index contributed by atoms with van der Waals surface area (Å²) in [6.45, 7) is 8.99. The Morgan fingerprint density at radius 2 is 1.88 bits per heavy atom. The van der Waals surface area contributed by atoms with Crippen molar-refractivity contribution in [3.63, 3.8) is 0 Å². The van der Waals surface area contributed by atoms with Crippen molar-refractivity contribution in [3.8, 4) is 0 Å². The Hall–Kier alpha value is -0.860. The van der Waals surface area contributed by atoms with Crippen LogP contribution in [0.5, 0.6) is 0 Å². The Labute approximate surface area is 176 Å². The first-order valence-corrected chi connectivity index (χ1v) is 9.56.